The minimum Gasteiger partial charge on any atom is -0.493 e. The summed E-state index contributed by atoms with van der Waals surface area (Å²) in [6.07, 6.45) is 3.30. The van der Waals surface area contributed by atoms with Crippen LogP contribution >= 0.6 is 0 Å². The molecule has 1 aliphatic heterocycles. The molecule has 0 spiro atoms. The van der Waals surface area contributed by atoms with Gasteiger partial charge in [0.2, 0.25) is 5.91 Å². The molecule has 0 atom stereocenters. The fourth-order valence-electron chi connectivity index (χ4n) is 2.80. The molecule has 1 fully saturated rings. The minimum absolute atomic E-state index is 0.200. The number of likely N-dealkylation sites (tertiary alicyclic amines) is 1. The lowest BCUT2D eigenvalue weighted by Crippen LogP contribution is -2.40. The van der Waals surface area contributed by atoms with E-state index in [2.05, 4.69) is 5.32 Å². The van der Waals surface area contributed by atoms with Gasteiger partial charge >= 0.3 is 0 Å². The molecule has 22 heavy (non-hydrogen) atoms. The summed E-state index contributed by atoms with van der Waals surface area (Å²) in [6.45, 7) is 3.18. The van der Waals surface area contributed by atoms with Crippen LogP contribution in [0.3, 0.4) is 0 Å². The SMILES string of the molecule is CNCC1CCN(C(=O)CCCOc2cccc(F)c2)CC1. The molecule has 4 nitrogen and oxygen atoms in total. The van der Waals surface area contributed by atoms with Gasteiger partial charge in [-0.25, -0.2) is 4.39 Å². The number of nitrogens with one attached hydrogen (secondary N) is 1. The van der Waals surface area contributed by atoms with Crippen molar-refractivity contribution in [3.8, 4) is 5.75 Å². The van der Waals surface area contributed by atoms with Gasteiger partial charge < -0.3 is 15.0 Å². The van der Waals surface area contributed by atoms with Crippen LogP contribution in [0.5, 0.6) is 5.75 Å². The normalized spacial score (nSPS) is 15.8. The number of rotatable bonds is 7. The van der Waals surface area contributed by atoms with Crippen LogP contribution in [-0.2, 0) is 4.79 Å². The Bertz CT molecular complexity index is 473. The number of nitrogens with zero attached hydrogens (tertiary/aromatic N) is 1. The van der Waals surface area contributed by atoms with Crippen molar-refractivity contribution in [2.24, 2.45) is 5.92 Å². The molecule has 0 saturated carbocycles. The molecule has 2 rings (SSSR count). The van der Waals surface area contributed by atoms with Crippen LogP contribution in [0.15, 0.2) is 24.3 Å². The maximum absolute atomic E-state index is 13.0. The van der Waals surface area contributed by atoms with E-state index in [1.807, 2.05) is 11.9 Å². The summed E-state index contributed by atoms with van der Waals surface area (Å²) in [5.74, 6) is 1.09. The van der Waals surface area contributed by atoms with Crippen LogP contribution in [0.25, 0.3) is 0 Å². The molecule has 0 radical (unpaired) electrons. The van der Waals surface area contributed by atoms with Gasteiger partial charge in [0.15, 0.2) is 0 Å². The van der Waals surface area contributed by atoms with Crippen molar-refractivity contribution in [3.05, 3.63) is 30.1 Å². The molecule has 5 heteroatoms. The highest BCUT2D eigenvalue weighted by molar-refractivity contribution is 5.76. The highest BCUT2D eigenvalue weighted by Crippen LogP contribution is 2.17. The van der Waals surface area contributed by atoms with Crippen LogP contribution in [0.2, 0.25) is 0 Å². The molecule has 1 aromatic carbocycles. The number of carbonyl (C=O) groups excluding carboxylic acids is 1. The van der Waals surface area contributed by atoms with Crippen LogP contribution in [0.4, 0.5) is 4.39 Å². The smallest absolute Gasteiger partial charge is 0.222 e. The van der Waals surface area contributed by atoms with E-state index in [-0.39, 0.29) is 11.7 Å². The molecular formula is C17H25FN2O2. The van der Waals surface area contributed by atoms with Gasteiger partial charge in [-0.2, -0.15) is 0 Å². The summed E-state index contributed by atoms with van der Waals surface area (Å²) in [6, 6.07) is 6.07. The van der Waals surface area contributed by atoms with Crippen molar-refractivity contribution < 1.29 is 13.9 Å². The van der Waals surface area contributed by atoms with Gasteiger partial charge in [-0.1, -0.05) is 6.07 Å². The highest BCUT2D eigenvalue weighted by Gasteiger charge is 2.21. The molecular weight excluding hydrogens is 283 g/mol. The predicted molar refractivity (Wildman–Crippen MR) is 84.4 cm³/mol. The fourth-order valence-corrected chi connectivity index (χ4v) is 2.80. The highest BCUT2D eigenvalue weighted by atomic mass is 19.1. The number of ether oxygens (including phenoxy) is 1. The number of halogens is 1. The van der Waals surface area contributed by atoms with Crippen molar-refractivity contribution in [3.63, 3.8) is 0 Å². The quantitative estimate of drug-likeness (QED) is 0.787. The summed E-state index contributed by atoms with van der Waals surface area (Å²) in [5, 5.41) is 3.20. The molecule has 1 N–H and O–H groups in total. The molecule has 1 amide bonds. The van der Waals surface area contributed by atoms with Gasteiger partial charge in [0.05, 0.1) is 6.61 Å². The minimum atomic E-state index is -0.307. The first-order valence-corrected chi connectivity index (χ1v) is 8.00. The first-order chi connectivity index (χ1) is 10.7. The second-order valence-electron chi connectivity index (χ2n) is 5.79. The Hall–Kier alpha value is -1.62. The summed E-state index contributed by atoms with van der Waals surface area (Å²) in [4.78, 5) is 14.1. The largest absolute Gasteiger partial charge is 0.493 e. The second kappa shape index (κ2) is 8.73. The number of amides is 1. The molecule has 1 aromatic rings. The van der Waals surface area contributed by atoms with Crippen molar-refractivity contribution in [1.82, 2.24) is 10.2 Å². The Morgan fingerprint density at radius 2 is 2.18 bits per heavy atom. The van der Waals surface area contributed by atoms with Gasteiger partial charge in [0.25, 0.3) is 0 Å². The third kappa shape index (κ3) is 5.30. The van der Waals surface area contributed by atoms with E-state index in [0.29, 0.717) is 31.1 Å². The predicted octanol–water partition coefficient (Wildman–Crippen LogP) is 2.44. The molecule has 1 saturated heterocycles. The lowest BCUT2D eigenvalue weighted by molar-refractivity contribution is -0.132. The third-order valence-corrected chi connectivity index (χ3v) is 4.06. The molecule has 0 aliphatic carbocycles. The maximum atomic E-state index is 13.0. The van der Waals surface area contributed by atoms with Crippen molar-refractivity contribution >= 4 is 5.91 Å². The van der Waals surface area contributed by atoms with Crippen molar-refractivity contribution in [2.45, 2.75) is 25.7 Å². The number of hydrogen-bond donors (Lipinski definition) is 1. The topological polar surface area (TPSA) is 41.6 Å². The van der Waals surface area contributed by atoms with E-state index < -0.39 is 0 Å². The molecule has 1 heterocycles. The number of hydrogen-bond acceptors (Lipinski definition) is 3. The second-order valence-corrected chi connectivity index (χ2v) is 5.79. The Balaban J connectivity index is 1.62. The summed E-state index contributed by atoms with van der Waals surface area (Å²) >= 11 is 0. The first-order valence-electron chi connectivity index (χ1n) is 8.00. The molecule has 0 aromatic heterocycles. The van der Waals surface area contributed by atoms with Crippen LogP contribution < -0.4 is 10.1 Å². The Morgan fingerprint density at radius 1 is 1.41 bits per heavy atom. The zero-order chi connectivity index (χ0) is 15.8. The van der Waals surface area contributed by atoms with E-state index in [4.69, 9.17) is 4.74 Å². The monoisotopic (exact) mass is 308 g/mol. The molecule has 0 unspecified atom stereocenters. The van der Waals surface area contributed by atoms with Gasteiger partial charge in [0.1, 0.15) is 11.6 Å². The van der Waals surface area contributed by atoms with E-state index in [1.165, 1.54) is 12.1 Å². The maximum Gasteiger partial charge on any atom is 0.222 e. The Labute approximate surface area is 131 Å². The first kappa shape index (κ1) is 16.7. The van der Waals surface area contributed by atoms with E-state index in [1.54, 1.807) is 12.1 Å². The summed E-state index contributed by atoms with van der Waals surface area (Å²) in [7, 11) is 1.97. The van der Waals surface area contributed by atoms with Crippen molar-refractivity contribution in [1.29, 1.82) is 0 Å². The standard InChI is InChI=1S/C17H25FN2O2/c1-19-13-14-7-9-20(10-8-14)17(21)6-3-11-22-16-5-2-4-15(18)12-16/h2,4-5,12,14,19H,3,6-11,13H2,1H3. The van der Waals surface area contributed by atoms with Crippen LogP contribution in [0.1, 0.15) is 25.7 Å². The fraction of sp³-hybridized carbons (Fsp3) is 0.588. The summed E-state index contributed by atoms with van der Waals surface area (Å²) in [5.41, 5.74) is 0. The lowest BCUT2D eigenvalue weighted by Gasteiger charge is -2.32. The van der Waals surface area contributed by atoms with E-state index in [9.17, 15) is 9.18 Å². The van der Waals surface area contributed by atoms with E-state index in [0.717, 1.165) is 32.5 Å². The lowest BCUT2D eigenvalue weighted by atomic mass is 9.96. The zero-order valence-electron chi connectivity index (χ0n) is 13.2. The van der Waals surface area contributed by atoms with Crippen LogP contribution in [0, 0.1) is 11.7 Å². The molecule has 1 aliphatic rings. The third-order valence-electron chi connectivity index (χ3n) is 4.06. The average Bonchev–Trinajstić information content (AvgIpc) is 2.52. The van der Waals surface area contributed by atoms with Gasteiger partial charge in [-0.15, -0.1) is 0 Å². The number of carbonyl (C=O) groups is 1. The van der Waals surface area contributed by atoms with E-state index >= 15 is 0 Å². The summed E-state index contributed by atoms with van der Waals surface area (Å²) < 4.78 is 18.4. The Kier molecular flexibility index (Phi) is 6.65. The van der Waals surface area contributed by atoms with Crippen molar-refractivity contribution in [2.75, 3.05) is 33.3 Å². The molecule has 0 bridgehead atoms. The van der Waals surface area contributed by atoms with Gasteiger partial charge in [-0.05, 0) is 50.9 Å². The number of piperidine rings is 1. The molecule has 122 valence electrons. The average molecular weight is 308 g/mol. The zero-order valence-corrected chi connectivity index (χ0v) is 13.2. The van der Waals surface area contributed by atoms with Gasteiger partial charge in [0, 0.05) is 25.6 Å². The Morgan fingerprint density at radius 3 is 2.86 bits per heavy atom. The van der Waals surface area contributed by atoms with Crippen LogP contribution in [-0.4, -0.2) is 44.1 Å². The van der Waals surface area contributed by atoms with Gasteiger partial charge in [-0.3, -0.25) is 4.79 Å². The number of benzene rings is 1.